The van der Waals surface area contributed by atoms with Gasteiger partial charge in [0.15, 0.2) is 0 Å². The van der Waals surface area contributed by atoms with Crippen molar-refractivity contribution in [3.05, 3.63) is 72.1 Å². The van der Waals surface area contributed by atoms with Gasteiger partial charge >= 0.3 is 6.18 Å². The summed E-state index contributed by atoms with van der Waals surface area (Å²) in [5, 5.41) is 2.56. The molecule has 1 aliphatic heterocycles. The van der Waals surface area contributed by atoms with Gasteiger partial charge in [-0.1, -0.05) is 0 Å². The lowest BCUT2D eigenvalue weighted by atomic mass is 10.1. The SMILES string of the molecule is O=C(NCc1cc(-c2cnc(C(F)(F)F)nc2)c(F)cn1)[C@@H]1CCCN1S(=O)(=O)c1ccc(F)cc1. The third-order valence-electron chi connectivity index (χ3n) is 5.50. The van der Waals surface area contributed by atoms with Crippen LogP contribution in [0.1, 0.15) is 24.4 Å². The molecule has 1 N–H and O–H groups in total. The normalized spacial score (nSPS) is 16.8. The maximum atomic E-state index is 14.3. The van der Waals surface area contributed by atoms with E-state index in [0.717, 1.165) is 47.2 Å². The first kappa shape index (κ1) is 25.6. The van der Waals surface area contributed by atoms with Crippen LogP contribution in [0.2, 0.25) is 0 Å². The van der Waals surface area contributed by atoms with Crippen LogP contribution in [0.25, 0.3) is 11.1 Å². The molecule has 0 saturated carbocycles. The van der Waals surface area contributed by atoms with Crippen LogP contribution >= 0.6 is 0 Å². The molecule has 0 aliphatic carbocycles. The minimum absolute atomic E-state index is 0.0252. The number of hydrogen-bond donors (Lipinski definition) is 1. The van der Waals surface area contributed by atoms with Crippen LogP contribution < -0.4 is 5.32 Å². The Hall–Kier alpha value is -3.52. The number of sulfonamides is 1. The molecule has 36 heavy (non-hydrogen) atoms. The van der Waals surface area contributed by atoms with E-state index in [-0.39, 0.29) is 41.2 Å². The van der Waals surface area contributed by atoms with Crippen LogP contribution in [0.4, 0.5) is 22.0 Å². The van der Waals surface area contributed by atoms with Gasteiger partial charge in [0.2, 0.25) is 21.8 Å². The van der Waals surface area contributed by atoms with Crippen molar-refractivity contribution in [2.75, 3.05) is 6.54 Å². The quantitative estimate of drug-likeness (QED) is 0.494. The number of halogens is 5. The standard InChI is InChI=1S/C22H18F5N5O3S/c23-14-3-5-16(6-4-14)36(34,35)32-7-1-2-19(32)20(33)29-11-15-8-17(18(24)12-28-15)13-9-30-21(31-10-13)22(25,26)27/h3-6,8-10,12,19H,1-2,7,11H2,(H,29,33)/t19-/m0/s1. The van der Waals surface area contributed by atoms with E-state index >= 15 is 0 Å². The van der Waals surface area contributed by atoms with E-state index < -0.39 is 45.6 Å². The molecule has 1 amide bonds. The van der Waals surface area contributed by atoms with Gasteiger partial charge in [0, 0.05) is 30.1 Å². The van der Waals surface area contributed by atoms with Gasteiger partial charge in [-0.2, -0.15) is 17.5 Å². The Bertz CT molecular complexity index is 1370. The van der Waals surface area contributed by atoms with Gasteiger partial charge in [0.1, 0.15) is 17.7 Å². The predicted octanol–water partition coefficient (Wildman–Crippen LogP) is 3.31. The molecular formula is C22H18F5N5O3S. The first-order valence-corrected chi connectivity index (χ1v) is 12.0. The number of carbonyl (C=O) groups excluding carboxylic acids is 1. The summed E-state index contributed by atoms with van der Waals surface area (Å²) in [5.41, 5.74) is 0.0257. The minimum Gasteiger partial charge on any atom is -0.349 e. The second-order valence-electron chi connectivity index (χ2n) is 7.89. The van der Waals surface area contributed by atoms with Gasteiger partial charge < -0.3 is 5.32 Å². The Morgan fingerprint density at radius 3 is 2.36 bits per heavy atom. The van der Waals surface area contributed by atoms with Gasteiger partial charge in [-0.3, -0.25) is 9.78 Å². The van der Waals surface area contributed by atoms with E-state index in [1.54, 1.807) is 0 Å². The summed E-state index contributed by atoms with van der Waals surface area (Å²) >= 11 is 0. The lowest BCUT2D eigenvalue weighted by Gasteiger charge is -2.23. The number of hydrogen-bond acceptors (Lipinski definition) is 6. The van der Waals surface area contributed by atoms with Crippen molar-refractivity contribution in [2.24, 2.45) is 0 Å². The van der Waals surface area contributed by atoms with Gasteiger partial charge in [0.05, 0.1) is 23.3 Å². The first-order valence-electron chi connectivity index (χ1n) is 10.6. The van der Waals surface area contributed by atoms with E-state index in [9.17, 15) is 35.2 Å². The van der Waals surface area contributed by atoms with Crippen molar-refractivity contribution >= 4 is 15.9 Å². The lowest BCUT2D eigenvalue weighted by Crippen LogP contribution is -2.45. The number of aromatic nitrogens is 3. The molecule has 0 spiro atoms. The van der Waals surface area contributed by atoms with Crippen molar-refractivity contribution in [3.8, 4) is 11.1 Å². The van der Waals surface area contributed by atoms with Crippen molar-refractivity contribution in [2.45, 2.75) is 36.5 Å². The third kappa shape index (κ3) is 5.33. The van der Waals surface area contributed by atoms with Crippen LogP contribution in [-0.4, -0.2) is 46.2 Å². The molecule has 1 saturated heterocycles. The summed E-state index contributed by atoms with van der Waals surface area (Å²) in [6.45, 7) is -0.0980. The van der Waals surface area contributed by atoms with E-state index in [2.05, 4.69) is 20.3 Å². The summed E-state index contributed by atoms with van der Waals surface area (Å²) in [6.07, 6.45) is -1.55. The zero-order valence-corrected chi connectivity index (χ0v) is 19.2. The molecule has 1 fully saturated rings. The third-order valence-corrected chi connectivity index (χ3v) is 7.42. The highest BCUT2D eigenvalue weighted by molar-refractivity contribution is 7.89. The molecule has 190 valence electrons. The second-order valence-corrected chi connectivity index (χ2v) is 9.78. The largest absolute Gasteiger partial charge is 0.451 e. The lowest BCUT2D eigenvalue weighted by molar-refractivity contribution is -0.145. The summed E-state index contributed by atoms with van der Waals surface area (Å²) in [5.74, 6) is -3.41. The molecule has 0 bridgehead atoms. The average molecular weight is 527 g/mol. The fraction of sp³-hybridized carbons (Fsp3) is 0.273. The van der Waals surface area contributed by atoms with Gasteiger partial charge in [0.25, 0.3) is 0 Å². The Kier molecular flexibility index (Phi) is 7.00. The molecule has 8 nitrogen and oxygen atoms in total. The van der Waals surface area contributed by atoms with E-state index in [1.807, 2.05) is 0 Å². The number of carbonyl (C=O) groups is 1. The number of amides is 1. The fourth-order valence-corrected chi connectivity index (χ4v) is 5.40. The number of pyridine rings is 1. The fourth-order valence-electron chi connectivity index (χ4n) is 3.74. The molecule has 1 aromatic carbocycles. The van der Waals surface area contributed by atoms with Gasteiger partial charge in [-0.25, -0.2) is 27.2 Å². The molecule has 0 radical (unpaired) electrons. The molecule has 3 heterocycles. The number of nitrogens with zero attached hydrogens (tertiary/aromatic N) is 4. The first-order chi connectivity index (χ1) is 17.0. The highest BCUT2D eigenvalue weighted by Gasteiger charge is 2.39. The van der Waals surface area contributed by atoms with Gasteiger partial charge in [-0.05, 0) is 43.2 Å². The van der Waals surface area contributed by atoms with Crippen molar-refractivity contribution in [1.82, 2.24) is 24.6 Å². The number of benzene rings is 1. The zero-order valence-electron chi connectivity index (χ0n) is 18.3. The molecule has 14 heteroatoms. The summed E-state index contributed by atoms with van der Waals surface area (Å²) in [4.78, 5) is 22.9. The highest BCUT2D eigenvalue weighted by atomic mass is 32.2. The smallest absolute Gasteiger partial charge is 0.349 e. The van der Waals surface area contributed by atoms with E-state index in [4.69, 9.17) is 0 Å². The molecular weight excluding hydrogens is 509 g/mol. The molecule has 1 atom stereocenters. The second kappa shape index (κ2) is 9.85. The summed E-state index contributed by atoms with van der Waals surface area (Å²) < 4.78 is 92.4. The van der Waals surface area contributed by atoms with Crippen LogP contribution in [-0.2, 0) is 27.5 Å². The Morgan fingerprint density at radius 2 is 1.72 bits per heavy atom. The van der Waals surface area contributed by atoms with Crippen LogP contribution in [0.15, 0.2) is 53.8 Å². The zero-order chi connectivity index (χ0) is 26.1. The monoisotopic (exact) mass is 527 g/mol. The highest BCUT2D eigenvalue weighted by Crippen LogP contribution is 2.29. The maximum Gasteiger partial charge on any atom is 0.451 e. The Morgan fingerprint density at radius 1 is 1.06 bits per heavy atom. The molecule has 0 unspecified atom stereocenters. The molecule has 2 aromatic heterocycles. The summed E-state index contributed by atoms with van der Waals surface area (Å²) in [6, 6.07) is 4.47. The molecule has 4 rings (SSSR count). The van der Waals surface area contributed by atoms with Crippen molar-refractivity contribution in [3.63, 3.8) is 0 Å². The molecule has 1 aliphatic rings. The van der Waals surface area contributed by atoms with Crippen LogP contribution in [0.3, 0.4) is 0 Å². The number of nitrogens with one attached hydrogen (secondary N) is 1. The van der Waals surface area contributed by atoms with Crippen LogP contribution in [0.5, 0.6) is 0 Å². The van der Waals surface area contributed by atoms with Crippen molar-refractivity contribution in [1.29, 1.82) is 0 Å². The van der Waals surface area contributed by atoms with Crippen LogP contribution in [0, 0.1) is 11.6 Å². The maximum absolute atomic E-state index is 14.3. The minimum atomic E-state index is -4.75. The van der Waals surface area contributed by atoms with E-state index in [0.29, 0.717) is 6.42 Å². The van der Waals surface area contributed by atoms with E-state index in [1.165, 1.54) is 6.07 Å². The van der Waals surface area contributed by atoms with Crippen molar-refractivity contribution < 1.29 is 35.2 Å². The average Bonchev–Trinajstić information content (AvgIpc) is 3.34. The number of rotatable bonds is 6. The summed E-state index contributed by atoms with van der Waals surface area (Å²) in [7, 11) is -4.05. The molecule has 3 aromatic rings. The Balaban J connectivity index is 1.47. The predicted molar refractivity (Wildman–Crippen MR) is 115 cm³/mol. The van der Waals surface area contributed by atoms with Gasteiger partial charge in [-0.15, -0.1) is 0 Å². The topological polar surface area (TPSA) is 105 Å². The number of alkyl halides is 3. The Labute approximate surface area is 202 Å².